The second-order valence-corrected chi connectivity index (χ2v) is 7.26. The van der Waals surface area contributed by atoms with Crippen LogP contribution in [0.15, 0.2) is 48.5 Å². The van der Waals surface area contributed by atoms with E-state index >= 15 is 0 Å². The van der Waals surface area contributed by atoms with Crippen molar-refractivity contribution in [3.8, 4) is 11.5 Å². The summed E-state index contributed by atoms with van der Waals surface area (Å²) in [5, 5.41) is 0. The number of hydrogen-bond donors (Lipinski definition) is 0. The molecule has 0 N–H and O–H groups in total. The fraction of sp³-hybridized carbons (Fsp3) is 0.381. The second kappa shape index (κ2) is 7.04. The van der Waals surface area contributed by atoms with Crippen LogP contribution in [0.5, 0.6) is 11.5 Å². The summed E-state index contributed by atoms with van der Waals surface area (Å²) < 4.78 is 46.9. The zero-order valence-corrected chi connectivity index (χ0v) is 15.2. The van der Waals surface area contributed by atoms with Crippen molar-refractivity contribution >= 4 is 5.91 Å². The van der Waals surface area contributed by atoms with E-state index in [4.69, 9.17) is 4.74 Å². The summed E-state index contributed by atoms with van der Waals surface area (Å²) in [5.41, 5.74) is 1.32. The molecule has 4 nitrogen and oxygen atoms in total. The van der Waals surface area contributed by atoms with Gasteiger partial charge in [0.05, 0.1) is 0 Å². The molecule has 0 bridgehead atoms. The Kier molecular flexibility index (Phi) is 4.69. The van der Waals surface area contributed by atoms with E-state index in [1.807, 2.05) is 18.2 Å². The largest absolute Gasteiger partial charge is 0.573 e. The van der Waals surface area contributed by atoms with Crippen molar-refractivity contribution in [2.24, 2.45) is 0 Å². The third kappa shape index (κ3) is 3.93. The fourth-order valence-electron chi connectivity index (χ4n) is 3.91. The van der Waals surface area contributed by atoms with Crippen LogP contribution in [0.4, 0.5) is 13.2 Å². The van der Waals surface area contributed by atoms with E-state index in [-0.39, 0.29) is 17.3 Å². The van der Waals surface area contributed by atoms with Crippen LogP contribution in [0.3, 0.4) is 0 Å². The number of carbonyl (C=O) groups is 1. The molecule has 1 amide bonds. The number of para-hydroxylation sites is 1. The van der Waals surface area contributed by atoms with Crippen LogP contribution in [0.25, 0.3) is 0 Å². The van der Waals surface area contributed by atoms with Crippen LogP contribution < -0.4 is 9.47 Å². The number of ether oxygens (including phenoxy) is 2. The summed E-state index contributed by atoms with van der Waals surface area (Å²) in [6, 6.07) is 13.1. The van der Waals surface area contributed by atoms with Gasteiger partial charge in [0.25, 0.3) is 5.91 Å². The molecule has 2 heterocycles. The van der Waals surface area contributed by atoms with Gasteiger partial charge in [-0.3, -0.25) is 4.79 Å². The molecule has 2 aliphatic heterocycles. The number of alkyl halides is 3. The summed E-state index contributed by atoms with van der Waals surface area (Å²) >= 11 is 0. The van der Waals surface area contributed by atoms with Gasteiger partial charge in [0.1, 0.15) is 17.1 Å². The topological polar surface area (TPSA) is 38.8 Å². The quantitative estimate of drug-likeness (QED) is 0.752. The van der Waals surface area contributed by atoms with Crippen molar-refractivity contribution in [2.75, 3.05) is 13.1 Å². The first kappa shape index (κ1) is 18.7. The molecule has 1 fully saturated rings. The van der Waals surface area contributed by atoms with Gasteiger partial charge in [-0.15, -0.1) is 13.2 Å². The number of aryl methyl sites for hydroxylation is 1. The number of amides is 1. The van der Waals surface area contributed by atoms with Crippen LogP contribution in [-0.4, -0.2) is 35.9 Å². The van der Waals surface area contributed by atoms with Crippen molar-refractivity contribution in [3.63, 3.8) is 0 Å². The molecule has 0 unspecified atom stereocenters. The molecule has 28 heavy (non-hydrogen) atoms. The highest BCUT2D eigenvalue weighted by Crippen LogP contribution is 2.39. The molecule has 0 aromatic heterocycles. The van der Waals surface area contributed by atoms with Crippen molar-refractivity contribution < 1.29 is 27.4 Å². The minimum absolute atomic E-state index is 0.190. The highest BCUT2D eigenvalue weighted by atomic mass is 19.4. The Balaban J connectivity index is 1.38. The molecular weight excluding hydrogens is 371 g/mol. The first-order chi connectivity index (χ1) is 13.3. The Morgan fingerprint density at radius 2 is 1.68 bits per heavy atom. The van der Waals surface area contributed by atoms with Gasteiger partial charge < -0.3 is 14.4 Å². The van der Waals surface area contributed by atoms with Gasteiger partial charge >= 0.3 is 6.36 Å². The number of benzene rings is 2. The number of halogens is 3. The van der Waals surface area contributed by atoms with Crippen molar-refractivity contribution in [1.29, 1.82) is 0 Å². The predicted octanol–water partition coefficient (Wildman–Crippen LogP) is 4.59. The van der Waals surface area contributed by atoms with E-state index in [0.717, 1.165) is 43.6 Å². The van der Waals surface area contributed by atoms with Gasteiger partial charge in [-0.25, -0.2) is 0 Å². The normalized spacial score (nSPS) is 18.3. The smallest absolute Gasteiger partial charge is 0.487 e. The molecular formula is C21H20F3NO3. The summed E-state index contributed by atoms with van der Waals surface area (Å²) in [6.07, 6.45) is -1.38. The van der Waals surface area contributed by atoms with Crippen LogP contribution in [0.2, 0.25) is 0 Å². The molecule has 0 atom stereocenters. The number of nitrogens with zero attached hydrogens (tertiary/aromatic N) is 1. The van der Waals surface area contributed by atoms with Gasteiger partial charge in [0.15, 0.2) is 0 Å². The fourth-order valence-corrected chi connectivity index (χ4v) is 3.91. The summed E-state index contributed by atoms with van der Waals surface area (Å²) in [5.74, 6) is 0.398. The second-order valence-electron chi connectivity index (χ2n) is 7.26. The standard InChI is InChI=1S/C21H20F3NO3/c22-21(23,24)27-17-7-5-16(6-8-17)19(26)25-13-11-20(12-14-25)10-9-15-3-1-2-4-18(15)28-20/h1-8H,9-14H2. The highest BCUT2D eigenvalue weighted by molar-refractivity contribution is 5.94. The molecule has 1 saturated heterocycles. The lowest BCUT2D eigenvalue weighted by Crippen LogP contribution is -2.51. The average molecular weight is 391 g/mol. The maximum atomic E-state index is 12.7. The lowest BCUT2D eigenvalue weighted by molar-refractivity contribution is -0.274. The number of fused-ring (bicyclic) bond motifs is 1. The van der Waals surface area contributed by atoms with Crippen LogP contribution in [0, 0.1) is 0 Å². The number of rotatable bonds is 2. The van der Waals surface area contributed by atoms with Crippen molar-refractivity contribution in [3.05, 3.63) is 59.7 Å². The Hall–Kier alpha value is -2.70. The Morgan fingerprint density at radius 1 is 1.00 bits per heavy atom. The van der Waals surface area contributed by atoms with Crippen LogP contribution in [0.1, 0.15) is 35.2 Å². The van der Waals surface area contributed by atoms with Gasteiger partial charge in [-0.2, -0.15) is 0 Å². The maximum absolute atomic E-state index is 12.7. The van der Waals surface area contributed by atoms with Gasteiger partial charge in [-0.05, 0) is 48.7 Å². The monoisotopic (exact) mass is 391 g/mol. The molecule has 1 spiro atoms. The minimum Gasteiger partial charge on any atom is -0.487 e. The SMILES string of the molecule is O=C(c1ccc(OC(F)(F)F)cc1)N1CCC2(CCc3ccccc3O2)CC1. The summed E-state index contributed by atoms with van der Waals surface area (Å²) in [7, 11) is 0. The predicted molar refractivity (Wildman–Crippen MR) is 96.4 cm³/mol. The number of likely N-dealkylation sites (tertiary alicyclic amines) is 1. The summed E-state index contributed by atoms with van der Waals surface area (Å²) in [4.78, 5) is 14.4. The Morgan fingerprint density at radius 3 is 2.36 bits per heavy atom. The van der Waals surface area contributed by atoms with Gasteiger partial charge in [0, 0.05) is 31.5 Å². The zero-order valence-electron chi connectivity index (χ0n) is 15.2. The van der Waals surface area contributed by atoms with Crippen LogP contribution >= 0.6 is 0 Å². The third-order valence-corrected chi connectivity index (χ3v) is 5.45. The van der Waals surface area contributed by atoms with E-state index in [2.05, 4.69) is 10.8 Å². The first-order valence-corrected chi connectivity index (χ1v) is 9.26. The molecule has 0 saturated carbocycles. The zero-order chi connectivity index (χ0) is 19.8. The van der Waals surface area contributed by atoms with Crippen molar-refractivity contribution in [1.82, 2.24) is 4.90 Å². The van der Waals surface area contributed by atoms with E-state index < -0.39 is 6.36 Å². The van der Waals surface area contributed by atoms with E-state index in [9.17, 15) is 18.0 Å². The molecule has 2 aromatic carbocycles. The first-order valence-electron chi connectivity index (χ1n) is 9.26. The number of hydrogen-bond acceptors (Lipinski definition) is 3. The average Bonchev–Trinajstić information content (AvgIpc) is 2.67. The molecule has 2 aliphatic rings. The Labute approximate surface area is 160 Å². The molecule has 4 rings (SSSR count). The van der Waals surface area contributed by atoms with Gasteiger partial charge in [0.2, 0.25) is 0 Å². The van der Waals surface area contributed by atoms with Crippen LogP contribution in [-0.2, 0) is 6.42 Å². The lowest BCUT2D eigenvalue weighted by atomic mass is 9.83. The molecule has 0 radical (unpaired) electrons. The molecule has 0 aliphatic carbocycles. The molecule has 2 aromatic rings. The third-order valence-electron chi connectivity index (χ3n) is 5.45. The minimum atomic E-state index is -4.74. The Bertz CT molecular complexity index is 856. The van der Waals surface area contributed by atoms with E-state index in [0.29, 0.717) is 18.7 Å². The van der Waals surface area contributed by atoms with E-state index in [1.165, 1.54) is 17.7 Å². The molecule has 148 valence electrons. The number of carbonyl (C=O) groups excluding carboxylic acids is 1. The van der Waals surface area contributed by atoms with Crippen molar-refractivity contribution in [2.45, 2.75) is 37.6 Å². The van der Waals surface area contributed by atoms with Gasteiger partial charge in [-0.1, -0.05) is 18.2 Å². The molecule has 7 heteroatoms. The maximum Gasteiger partial charge on any atom is 0.573 e. The number of piperidine rings is 1. The lowest BCUT2D eigenvalue weighted by Gasteiger charge is -2.44. The van der Waals surface area contributed by atoms with E-state index in [1.54, 1.807) is 4.90 Å². The highest BCUT2D eigenvalue weighted by Gasteiger charge is 2.40. The summed E-state index contributed by atoms with van der Waals surface area (Å²) in [6.45, 7) is 1.11.